The smallest absolute Gasteiger partial charge is 0.155 e. The first-order valence-electron chi connectivity index (χ1n) is 4.32. The average Bonchev–Trinajstić information content (AvgIpc) is 2.67. The van der Waals surface area contributed by atoms with Gasteiger partial charge in [0.2, 0.25) is 0 Å². The molecular weight excluding hydrogens is 244 g/mol. The molecule has 14 heavy (non-hydrogen) atoms. The molecule has 2 aromatic heterocycles. The lowest BCUT2D eigenvalue weighted by atomic mass is 10.4. The van der Waals surface area contributed by atoms with E-state index in [9.17, 15) is 0 Å². The molecule has 2 heterocycles. The van der Waals surface area contributed by atoms with E-state index in [0.29, 0.717) is 0 Å². The second kappa shape index (κ2) is 3.88. The maximum Gasteiger partial charge on any atom is 0.155 e. The summed E-state index contributed by atoms with van der Waals surface area (Å²) in [5, 5.41) is 4.11. The highest BCUT2D eigenvalue weighted by Crippen LogP contribution is 2.11. The van der Waals surface area contributed by atoms with E-state index in [1.165, 1.54) is 0 Å². The molecule has 2 rings (SSSR count). The minimum Gasteiger partial charge on any atom is -0.236 e. The third-order valence-electron chi connectivity index (χ3n) is 1.86. The topological polar surface area (TPSA) is 43.6 Å². The van der Waals surface area contributed by atoms with Crippen LogP contribution in [0.15, 0.2) is 29.1 Å². The van der Waals surface area contributed by atoms with Gasteiger partial charge in [-0.3, -0.25) is 0 Å². The highest BCUT2D eigenvalue weighted by Gasteiger charge is 2.04. The SMILES string of the molecule is CCc1ncnn1-c1ccc(Br)cn1. The number of halogens is 1. The molecule has 0 aliphatic rings. The molecule has 0 saturated heterocycles. The van der Waals surface area contributed by atoms with Crippen LogP contribution in [0.5, 0.6) is 0 Å². The van der Waals surface area contributed by atoms with Gasteiger partial charge in [0.15, 0.2) is 5.82 Å². The first-order chi connectivity index (χ1) is 6.81. The quantitative estimate of drug-likeness (QED) is 0.821. The summed E-state index contributed by atoms with van der Waals surface area (Å²) in [7, 11) is 0. The van der Waals surface area contributed by atoms with Crippen LogP contribution < -0.4 is 0 Å². The molecule has 72 valence electrons. The number of aryl methyl sites for hydroxylation is 1. The molecule has 4 nitrogen and oxygen atoms in total. The molecule has 0 saturated carbocycles. The maximum atomic E-state index is 4.24. The fourth-order valence-corrected chi connectivity index (χ4v) is 1.43. The Bertz CT molecular complexity index is 421. The molecule has 2 aromatic rings. The summed E-state index contributed by atoms with van der Waals surface area (Å²) in [6.07, 6.45) is 4.14. The monoisotopic (exact) mass is 252 g/mol. The molecule has 0 spiro atoms. The second-order valence-corrected chi connectivity index (χ2v) is 3.69. The summed E-state index contributed by atoms with van der Waals surface area (Å²) >= 11 is 3.34. The number of hydrogen-bond donors (Lipinski definition) is 0. The van der Waals surface area contributed by atoms with E-state index in [1.54, 1.807) is 17.2 Å². The Hall–Kier alpha value is -1.23. The lowest BCUT2D eigenvalue weighted by molar-refractivity contribution is 0.778. The number of nitrogens with zero attached hydrogens (tertiary/aromatic N) is 4. The van der Waals surface area contributed by atoms with Crippen LogP contribution in [0.4, 0.5) is 0 Å². The van der Waals surface area contributed by atoms with Crippen LogP contribution in [0, 0.1) is 0 Å². The Kier molecular flexibility index (Phi) is 2.58. The van der Waals surface area contributed by atoms with Crippen LogP contribution in [0.1, 0.15) is 12.7 Å². The van der Waals surface area contributed by atoms with Crippen molar-refractivity contribution in [2.24, 2.45) is 0 Å². The van der Waals surface area contributed by atoms with E-state index >= 15 is 0 Å². The fourth-order valence-electron chi connectivity index (χ4n) is 1.19. The van der Waals surface area contributed by atoms with E-state index in [1.807, 2.05) is 19.1 Å². The van der Waals surface area contributed by atoms with Crippen molar-refractivity contribution in [3.63, 3.8) is 0 Å². The van der Waals surface area contributed by atoms with E-state index in [-0.39, 0.29) is 0 Å². The minimum atomic E-state index is 0.794. The van der Waals surface area contributed by atoms with Gasteiger partial charge in [0.1, 0.15) is 12.2 Å². The zero-order chi connectivity index (χ0) is 9.97. The van der Waals surface area contributed by atoms with Crippen molar-refractivity contribution in [1.82, 2.24) is 19.7 Å². The van der Waals surface area contributed by atoms with E-state index in [0.717, 1.165) is 22.5 Å². The molecule has 0 bridgehead atoms. The van der Waals surface area contributed by atoms with Gasteiger partial charge in [0.25, 0.3) is 0 Å². The zero-order valence-corrected chi connectivity index (χ0v) is 9.27. The predicted octanol–water partition coefficient (Wildman–Crippen LogP) is 1.99. The largest absolute Gasteiger partial charge is 0.236 e. The molecule has 0 aromatic carbocycles. The molecule has 0 amide bonds. The van der Waals surface area contributed by atoms with Crippen molar-refractivity contribution < 1.29 is 0 Å². The van der Waals surface area contributed by atoms with Gasteiger partial charge in [-0.05, 0) is 28.1 Å². The number of rotatable bonds is 2. The van der Waals surface area contributed by atoms with Crippen molar-refractivity contribution in [2.75, 3.05) is 0 Å². The lowest BCUT2D eigenvalue weighted by Gasteiger charge is -2.02. The van der Waals surface area contributed by atoms with E-state index < -0.39 is 0 Å². The summed E-state index contributed by atoms with van der Waals surface area (Å²) < 4.78 is 2.70. The highest BCUT2D eigenvalue weighted by atomic mass is 79.9. The van der Waals surface area contributed by atoms with Gasteiger partial charge < -0.3 is 0 Å². The Morgan fingerprint density at radius 1 is 1.36 bits per heavy atom. The summed E-state index contributed by atoms with van der Waals surface area (Å²) in [4.78, 5) is 8.38. The maximum absolute atomic E-state index is 4.24. The van der Waals surface area contributed by atoms with Crippen LogP contribution in [-0.2, 0) is 6.42 Å². The molecule has 0 N–H and O–H groups in total. The summed E-state index contributed by atoms with van der Waals surface area (Å²) in [5.74, 6) is 1.71. The number of hydrogen-bond acceptors (Lipinski definition) is 3. The molecule has 0 aliphatic heterocycles. The van der Waals surface area contributed by atoms with E-state index in [2.05, 4.69) is 31.0 Å². The van der Waals surface area contributed by atoms with Gasteiger partial charge in [0, 0.05) is 17.1 Å². The van der Waals surface area contributed by atoms with Crippen molar-refractivity contribution in [1.29, 1.82) is 0 Å². The number of aromatic nitrogens is 4. The standard InChI is InChI=1S/C9H9BrN4/c1-2-8-12-6-13-14(8)9-4-3-7(10)5-11-9/h3-6H,2H2,1H3. The van der Waals surface area contributed by atoms with Gasteiger partial charge in [-0.2, -0.15) is 9.78 Å². The highest BCUT2D eigenvalue weighted by molar-refractivity contribution is 9.10. The van der Waals surface area contributed by atoms with Crippen LogP contribution in [0.3, 0.4) is 0 Å². The fraction of sp³-hybridized carbons (Fsp3) is 0.222. The Labute approximate surface area is 90.1 Å². The van der Waals surface area contributed by atoms with Crippen molar-refractivity contribution >= 4 is 15.9 Å². The predicted molar refractivity (Wildman–Crippen MR) is 56.2 cm³/mol. The average molecular weight is 253 g/mol. The second-order valence-electron chi connectivity index (χ2n) is 2.78. The minimum absolute atomic E-state index is 0.794. The van der Waals surface area contributed by atoms with Crippen LogP contribution in [-0.4, -0.2) is 19.7 Å². The van der Waals surface area contributed by atoms with Crippen LogP contribution in [0.25, 0.3) is 5.82 Å². The van der Waals surface area contributed by atoms with Crippen LogP contribution in [0.2, 0.25) is 0 Å². The molecular formula is C9H9BrN4. The first kappa shape index (κ1) is 9.33. The third-order valence-corrected chi connectivity index (χ3v) is 2.33. The van der Waals surface area contributed by atoms with E-state index in [4.69, 9.17) is 0 Å². The van der Waals surface area contributed by atoms with Gasteiger partial charge in [0.05, 0.1) is 0 Å². The summed E-state index contributed by atoms with van der Waals surface area (Å²) in [5.41, 5.74) is 0. The molecule has 0 unspecified atom stereocenters. The van der Waals surface area contributed by atoms with Gasteiger partial charge in [-0.1, -0.05) is 6.92 Å². The normalized spacial score (nSPS) is 10.4. The van der Waals surface area contributed by atoms with Crippen molar-refractivity contribution in [2.45, 2.75) is 13.3 Å². The Morgan fingerprint density at radius 2 is 2.21 bits per heavy atom. The lowest BCUT2D eigenvalue weighted by Crippen LogP contribution is -2.03. The molecule has 0 atom stereocenters. The molecule has 5 heteroatoms. The van der Waals surface area contributed by atoms with Gasteiger partial charge in [-0.25, -0.2) is 9.97 Å². The van der Waals surface area contributed by atoms with Crippen LogP contribution >= 0.6 is 15.9 Å². The van der Waals surface area contributed by atoms with Crippen molar-refractivity contribution in [3.05, 3.63) is 35.0 Å². The zero-order valence-electron chi connectivity index (χ0n) is 7.68. The Balaban J connectivity index is 2.44. The number of pyridine rings is 1. The Morgan fingerprint density at radius 3 is 2.86 bits per heavy atom. The first-order valence-corrected chi connectivity index (χ1v) is 5.11. The molecule has 0 aliphatic carbocycles. The van der Waals surface area contributed by atoms with Crippen molar-refractivity contribution in [3.8, 4) is 5.82 Å². The van der Waals surface area contributed by atoms with Gasteiger partial charge in [-0.15, -0.1) is 0 Å². The third kappa shape index (κ3) is 1.68. The molecule has 0 fully saturated rings. The van der Waals surface area contributed by atoms with Gasteiger partial charge >= 0.3 is 0 Å². The molecule has 0 radical (unpaired) electrons. The summed E-state index contributed by atoms with van der Waals surface area (Å²) in [6.45, 7) is 2.04. The summed E-state index contributed by atoms with van der Waals surface area (Å²) in [6, 6.07) is 3.83.